The maximum absolute atomic E-state index is 6.02. The monoisotopic (exact) mass is 336 g/mol. The van der Waals surface area contributed by atoms with Gasteiger partial charge in [0.25, 0.3) is 0 Å². The molecule has 1 fully saturated rings. The number of ether oxygens (including phenoxy) is 1. The van der Waals surface area contributed by atoms with Gasteiger partial charge in [-0.1, -0.05) is 41.4 Å². The van der Waals surface area contributed by atoms with Gasteiger partial charge < -0.3 is 15.4 Å². The van der Waals surface area contributed by atoms with Crippen molar-refractivity contribution in [2.45, 2.75) is 12.6 Å². The molecule has 1 atom stereocenters. The van der Waals surface area contributed by atoms with Crippen molar-refractivity contribution in [2.24, 2.45) is 0 Å². The van der Waals surface area contributed by atoms with Gasteiger partial charge in [-0.15, -0.1) is 0 Å². The summed E-state index contributed by atoms with van der Waals surface area (Å²) in [5.41, 5.74) is 3.36. The van der Waals surface area contributed by atoms with Crippen LogP contribution in [0.2, 0.25) is 10.0 Å². The number of hydrogen-bond donors (Lipinski definition) is 2. The Morgan fingerprint density at radius 1 is 1.09 bits per heavy atom. The largest absolute Gasteiger partial charge is 0.381 e. The number of anilines is 1. The van der Waals surface area contributed by atoms with Gasteiger partial charge in [-0.2, -0.15) is 0 Å². The molecule has 0 amide bonds. The third-order valence-corrected chi connectivity index (χ3v) is 4.43. The zero-order chi connectivity index (χ0) is 15.4. The second-order valence-corrected chi connectivity index (χ2v) is 6.10. The van der Waals surface area contributed by atoms with E-state index >= 15 is 0 Å². The van der Waals surface area contributed by atoms with E-state index in [1.54, 1.807) is 0 Å². The summed E-state index contributed by atoms with van der Waals surface area (Å²) >= 11 is 11.9. The highest BCUT2D eigenvalue weighted by Crippen LogP contribution is 2.24. The maximum Gasteiger partial charge on any atom is 0.0949 e. The minimum absolute atomic E-state index is 0.151. The predicted molar refractivity (Wildman–Crippen MR) is 91.8 cm³/mol. The van der Waals surface area contributed by atoms with Crippen molar-refractivity contribution in [1.29, 1.82) is 0 Å². The third-order valence-electron chi connectivity index (χ3n) is 3.69. The zero-order valence-corrected chi connectivity index (χ0v) is 13.6. The van der Waals surface area contributed by atoms with Crippen molar-refractivity contribution < 1.29 is 4.74 Å². The molecule has 0 saturated carbocycles. The van der Waals surface area contributed by atoms with Crippen LogP contribution in [-0.2, 0) is 11.3 Å². The summed E-state index contributed by atoms with van der Waals surface area (Å²) in [4.78, 5) is 0. The average Bonchev–Trinajstić information content (AvgIpc) is 2.57. The Kier molecular flexibility index (Phi) is 5.21. The van der Waals surface area contributed by atoms with E-state index in [0.717, 1.165) is 30.9 Å². The molecule has 5 heteroatoms. The second kappa shape index (κ2) is 7.34. The molecule has 22 heavy (non-hydrogen) atoms. The van der Waals surface area contributed by atoms with Gasteiger partial charge in [0.15, 0.2) is 0 Å². The van der Waals surface area contributed by atoms with Crippen LogP contribution in [0, 0.1) is 0 Å². The van der Waals surface area contributed by atoms with E-state index in [1.807, 2.05) is 18.2 Å². The Labute approximate surface area is 140 Å². The Balaban J connectivity index is 1.59. The summed E-state index contributed by atoms with van der Waals surface area (Å²) in [7, 11) is 0. The van der Waals surface area contributed by atoms with E-state index in [2.05, 4.69) is 34.9 Å². The number of hydrogen-bond acceptors (Lipinski definition) is 3. The fraction of sp³-hybridized carbons (Fsp3) is 0.294. The number of benzene rings is 2. The highest BCUT2D eigenvalue weighted by atomic mass is 35.5. The van der Waals surface area contributed by atoms with Gasteiger partial charge in [-0.25, -0.2) is 0 Å². The van der Waals surface area contributed by atoms with E-state index in [-0.39, 0.29) is 6.10 Å². The third kappa shape index (κ3) is 3.93. The Morgan fingerprint density at radius 3 is 2.59 bits per heavy atom. The Morgan fingerprint density at radius 2 is 1.91 bits per heavy atom. The smallest absolute Gasteiger partial charge is 0.0949 e. The van der Waals surface area contributed by atoms with E-state index in [9.17, 15) is 0 Å². The van der Waals surface area contributed by atoms with Gasteiger partial charge >= 0.3 is 0 Å². The summed E-state index contributed by atoms with van der Waals surface area (Å²) in [6, 6.07) is 14.0. The van der Waals surface area contributed by atoms with Gasteiger partial charge in [-0.3, -0.25) is 0 Å². The van der Waals surface area contributed by atoms with Gasteiger partial charge in [0.05, 0.1) is 22.8 Å². The molecular weight excluding hydrogens is 319 g/mol. The van der Waals surface area contributed by atoms with Crippen LogP contribution in [0.25, 0.3) is 0 Å². The van der Waals surface area contributed by atoms with Crippen molar-refractivity contribution in [3.8, 4) is 0 Å². The fourth-order valence-corrected chi connectivity index (χ4v) is 2.77. The molecule has 2 aromatic rings. The lowest BCUT2D eigenvalue weighted by molar-refractivity contribution is 0.0277. The topological polar surface area (TPSA) is 33.3 Å². The van der Waals surface area contributed by atoms with Crippen molar-refractivity contribution in [3.63, 3.8) is 0 Å². The van der Waals surface area contributed by atoms with Gasteiger partial charge in [0.1, 0.15) is 0 Å². The van der Waals surface area contributed by atoms with Crippen molar-refractivity contribution in [1.82, 2.24) is 5.32 Å². The second-order valence-electron chi connectivity index (χ2n) is 5.29. The van der Waals surface area contributed by atoms with E-state index < -0.39 is 0 Å². The lowest BCUT2D eigenvalue weighted by Gasteiger charge is -2.24. The minimum atomic E-state index is 0.151. The van der Waals surface area contributed by atoms with Crippen molar-refractivity contribution in [3.05, 3.63) is 63.6 Å². The summed E-state index contributed by atoms with van der Waals surface area (Å²) in [6.07, 6.45) is 0.151. The van der Waals surface area contributed by atoms with Crippen molar-refractivity contribution >= 4 is 28.9 Å². The highest BCUT2D eigenvalue weighted by molar-refractivity contribution is 6.42. The molecule has 116 valence electrons. The van der Waals surface area contributed by atoms with Crippen molar-refractivity contribution in [2.75, 3.05) is 25.0 Å². The average molecular weight is 337 g/mol. The van der Waals surface area contributed by atoms with E-state index in [1.165, 1.54) is 5.56 Å². The standard InChI is InChI=1S/C17H18Cl2N2O/c18-15-6-1-12(9-16(15)19)10-21-14-4-2-13(3-5-14)17-11-20-7-8-22-17/h1-6,9,17,20-21H,7-8,10-11H2/t17-/m1/s1. The van der Waals surface area contributed by atoms with Gasteiger partial charge in [0, 0.05) is 25.3 Å². The summed E-state index contributed by atoms with van der Waals surface area (Å²) in [6.45, 7) is 3.27. The molecule has 2 aromatic carbocycles. The first-order chi connectivity index (χ1) is 10.7. The molecule has 3 nitrogen and oxygen atoms in total. The molecule has 0 bridgehead atoms. The Bertz CT molecular complexity index is 625. The van der Waals surface area contributed by atoms with Gasteiger partial charge in [-0.05, 0) is 35.4 Å². The van der Waals surface area contributed by atoms with Crippen LogP contribution in [0.15, 0.2) is 42.5 Å². The van der Waals surface area contributed by atoms with Gasteiger partial charge in [0.2, 0.25) is 0 Å². The molecule has 0 spiro atoms. The zero-order valence-electron chi connectivity index (χ0n) is 12.1. The Hall–Kier alpha value is -1.26. The number of morpholine rings is 1. The first-order valence-corrected chi connectivity index (χ1v) is 8.08. The number of nitrogens with one attached hydrogen (secondary N) is 2. The molecular formula is C17H18Cl2N2O. The van der Waals surface area contributed by atoms with E-state index in [4.69, 9.17) is 27.9 Å². The fourth-order valence-electron chi connectivity index (χ4n) is 2.45. The lowest BCUT2D eigenvalue weighted by Crippen LogP contribution is -2.33. The SMILES string of the molecule is Clc1ccc(CNc2ccc([C@H]3CNCCO3)cc2)cc1Cl. The van der Waals surface area contributed by atoms with Crippen LogP contribution in [0.4, 0.5) is 5.69 Å². The van der Waals surface area contributed by atoms with Crippen LogP contribution in [0.1, 0.15) is 17.2 Å². The van der Waals surface area contributed by atoms with Crippen LogP contribution in [-0.4, -0.2) is 19.7 Å². The molecule has 1 heterocycles. The summed E-state index contributed by atoms with van der Waals surface area (Å²) in [5.74, 6) is 0. The molecule has 0 unspecified atom stereocenters. The molecule has 1 aliphatic rings. The summed E-state index contributed by atoms with van der Waals surface area (Å²) in [5, 5.41) is 7.88. The molecule has 1 aliphatic heterocycles. The predicted octanol–water partition coefficient (Wildman–Crippen LogP) is 4.27. The van der Waals surface area contributed by atoms with E-state index in [0.29, 0.717) is 16.6 Å². The van der Waals surface area contributed by atoms with Crippen LogP contribution < -0.4 is 10.6 Å². The number of rotatable bonds is 4. The van der Waals surface area contributed by atoms with Crippen LogP contribution in [0.3, 0.4) is 0 Å². The van der Waals surface area contributed by atoms with Crippen LogP contribution in [0.5, 0.6) is 0 Å². The molecule has 0 aliphatic carbocycles. The number of halogens is 2. The molecule has 0 aromatic heterocycles. The maximum atomic E-state index is 6.02. The minimum Gasteiger partial charge on any atom is -0.381 e. The normalized spacial score (nSPS) is 18.2. The molecule has 0 radical (unpaired) electrons. The highest BCUT2D eigenvalue weighted by Gasteiger charge is 2.15. The van der Waals surface area contributed by atoms with Crippen LogP contribution >= 0.6 is 23.2 Å². The molecule has 2 N–H and O–H groups in total. The first-order valence-electron chi connectivity index (χ1n) is 7.32. The molecule has 1 saturated heterocycles. The quantitative estimate of drug-likeness (QED) is 0.874. The molecule has 3 rings (SSSR count). The summed E-state index contributed by atoms with van der Waals surface area (Å²) < 4.78 is 5.75. The lowest BCUT2D eigenvalue weighted by atomic mass is 10.1. The first kappa shape index (κ1) is 15.6.